The number of nitrogens with zero attached hydrogens (tertiary/aromatic N) is 2. The van der Waals surface area contributed by atoms with Crippen LogP contribution in [0.25, 0.3) is 0 Å². The predicted octanol–water partition coefficient (Wildman–Crippen LogP) is -0.270. The fraction of sp³-hybridized carbons (Fsp3) is 0.333. The average molecular weight is 185 g/mol. The number of hydrazine groups is 1. The molecule has 1 heterocycles. The molecular weight excluding hydrogens is 174 g/mol. The van der Waals surface area contributed by atoms with Gasteiger partial charge >= 0.3 is 0 Å². The first-order valence-electron chi connectivity index (χ1n) is 3.40. The van der Waals surface area contributed by atoms with Crippen molar-refractivity contribution in [2.45, 2.75) is 13.5 Å². The summed E-state index contributed by atoms with van der Waals surface area (Å²) in [6.45, 7) is 2.42. The second-order valence-corrected chi connectivity index (χ2v) is 3.27. The molecule has 0 spiro atoms. The summed E-state index contributed by atoms with van der Waals surface area (Å²) in [7, 11) is 0. The van der Waals surface area contributed by atoms with E-state index in [1.807, 2.05) is 12.3 Å². The van der Waals surface area contributed by atoms with Gasteiger partial charge in [0.05, 0.1) is 17.2 Å². The van der Waals surface area contributed by atoms with Crippen LogP contribution in [-0.4, -0.2) is 10.9 Å². The monoisotopic (exact) mass is 185 g/mol. The Morgan fingerprint density at radius 3 is 3.08 bits per heavy atom. The minimum absolute atomic E-state index is 0.223. The van der Waals surface area contributed by atoms with Crippen LogP contribution < -0.4 is 17.0 Å². The van der Waals surface area contributed by atoms with Crippen LogP contribution in [0.4, 0.5) is 0 Å². The van der Waals surface area contributed by atoms with Gasteiger partial charge in [-0.05, 0) is 6.92 Å². The smallest absolute Gasteiger partial charge is 0.203 e. The Kier molecular flexibility index (Phi) is 3.01. The molecule has 1 rings (SSSR count). The van der Waals surface area contributed by atoms with Crippen molar-refractivity contribution in [2.24, 2.45) is 16.6 Å². The van der Waals surface area contributed by atoms with E-state index >= 15 is 0 Å². The maximum Gasteiger partial charge on any atom is 0.203 e. The summed E-state index contributed by atoms with van der Waals surface area (Å²) < 4.78 is 0. The lowest BCUT2D eigenvalue weighted by Gasteiger charge is -1.95. The Morgan fingerprint density at radius 2 is 2.58 bits per heavy atom. The molecule has 6 heteroatoms. The topological polar surface area (TPSA) is 89.3 Å². The van der Waals surface area contributed by atoms with Crippen LogP contribution in [0.15, 0.2) is 10.4 Å². The van der Waals surface area contributed by atoms with Gasteiger partial charge in [-0.25, -0.2) is 15.8 Å². The van der Waals surface area contributed by atoms with Gasteiger partial charge < -0.3 is 5.73 Å². The minimum Gasteiger partial charge on any atom is -0.369 e. The molecular formula is C6H11N5S. The van der Waals surface area contributed by atoms with Crippen molar-refractivity contribution in [3.8, 4) is 0 Å². The standard InChI is InChI=1S/C6H11N5S/c1-4-10-5(3-12-4)2-9-6(7)11-8/h3H,2,8H2,1H3,(H3,7,9,11). The molecule has 0 bridgehead atoms. The van der Waals surface area contributed by atoms with E-state index in [2.05, 4.69) is 15.4 Å². The summed E-state index contributed by atoms with van der Waals surface area (Å²) in [6, 6.07) is 0. The third-order valence-electron chi connectivity index (χ3n) is 1.23. The Morgan fingerprint density at radius 1 is 1.83 bits per heavy atom. The Balaban J connectivity index is 2.53. The van der Waals surface area contributed by atoms with Crippen LogP contribution in [0.3, 0.4) is 0 Å². The highest BCUT2D eigenvalue weighted by atomic mass is 32.1. The van der Waals surface area contributed by atoms with Crippen LogP contribution in [0.2, 0.25) is 0 Å². The first kappa shape index (κ1) is 8.95. The molecule has 66 valence electrons. The summed E-state index contributed by atoms with van der Waals surface area (Å²) in [5.41, 5.74) is 8.48. The number of thiazole rings is 1. The van der Waals surface area contributed by atoms with E-state index in [-0.39, 0.29) is 5.96 Å². The van der Waals surface area contributed by atoms with Gasteiger partial charge in [0.1, 0.15) is 0 Å². The molecule has 1 aromatic heterocycles. The van der Waals surface area contributed by atoms with Crippen molar-refractivity contribution < 1.29 is 0 Å². The zero-order valence-corrected chi connectivity index (χ0v) is 7.56. The maximum atomic E-state index is 5.32. The second-order valence-electron chi connectivity index (χ2n) is 2.20. The Bertz CT molecular complexity index is 279. The predicted molar refractivity (Wildman–Crippen MR) is 49.5 cm³/mol. The zero-order valence-electron chi connectivity index (χ0n) is 6.74. The van der Waals surface area contributed by atoms with Crippen LogP contribution >= 0.6 is 11.3 Å². The normalized spacial score (nSPS) is 11.7. The summed E-state index contributed by atoms with van der Waals surface area (Å²) in [5, 5.41) is 2.97. The molecule has 5 nitrogen and oxygen atoms in total. The van der Waals surface area contributed by atoms with Gasteiger partial charge in [0, 0.05) is 5.38 Å². The van der Waals surface area contributed by atoms with E-state index in [0.717, 1.165) is 10.7 Å². The summed E-state index contributed by atoms with van der Waals surface area (Å²) in [4.78, 5) is 8.13. The van der Waals surface area contributed by atoms with Crippen molar-refractivity contribution in [2.75, 3.05) is 0 Å². The number of hydrogen-bond acceptors (Lipinski definition) is 4. The van der Waals surface area contributed by atoms with Crippen LogP contribution in [0, 0.1) is 6.92 Å². The first-order chi connectivity index (χ1) is 5.72. The van der Waals surface area contributed by atoms with Crippen molar-refractivity contribution in [3.05, 3.63) is 16.1 Å². The molecule has 0 atom stereocenters. The molecule has 0 aliphatic rings. The molecule has 0 radical (unpaired) electrons. The Labute approximate surface area is 74.5 Å². The number of nitrogens with two attached hydrogens (primary N) is 2. The first-order valence-corrected chi connectivity index (χ1v) is 4.28. The lowest BCUT2D eigenvalue weighted by molar-refractivity contribution is 0.936. The van der Waals surface area contributed by atoms with Gasteiger partial charge in [0.25, 0.3) is 0 Å². The van der Waals surface area contributed by atoms with Gasteiger partial charge in [-0.3, -0.25) is 5.43 Å². The average Bonchev–Trinajstić information content (AvgIpc) is 2.47. The van der Waals surface area contributed by atoms with Crippen molar-refractivity contribution in [3.63, 3.8) is 0 Å². The summed E-state index contributed by atoms with van der Waals surface area (Å²) in [5.74, 6) is 5.24. The van der Waals surface area contributed by atoms with Gasteiger partial charge in [-0.2, -0.15) is 0 Å². The highest BCUT2D eigenvalue weighted by molar-refractivity contribution is 7.09. The third-order valence-corrected chi connectivity index (χ3v) is 2.05. The van der Waals surface area contributed by atoms with Crippen molar-refractivity contribution in [1.82, 2.24) is 10.4 Å². The molecule has 0 unspecified atom stereocenters. The van der Waals surface area contributed by atoms with Gasteiger partial charge in [-0.1, -0.05) is 0 Å². The molecule has 0 fully saturated rings. The highest BCUT2D eigenvalue weighted by Gasteiger charge is 1.96. The molecule has 0 saturated heterocycles. The van der Waals surface area contributed by atoms with E-state index < -0.39 is 0 Å². The number of hydrogen-bond donors (Lipinski definition) is 3. The lowest BCUT2D eigenvalue weighted by atomic mass is 10.5. The van der Waals surface area contributed by atoms with E-state index in [9.17, 15) is 0 Å². The number of aromatic nitrogens is 1. The van der Waals surface area contributed by atoms with Crippen molar-refractivity contribution in [1.29, 1.82) is 0 Å². The number of nitrogens with one attached hydrogen (secondary N) is 1. The minimum atomic E-state index is 0.223. The lowest BCUT2D eigenvalue weighted by Crippen LogP contribution is -2.37. The summed E-state index contributed by atoms with van der Waals surface area (Å²) >= 11 is 1.59. The highest BCUT2D eigenvalue weighted by Crippen LogP contribution is 2.08. The number of guanidine groups is 1. The molecule has 12 heavy (non-hydrogen) atoms. The van der Waals surface area contributed by atoms with E-state index in [0.29, 0.717) is 6.54 Å². The number of aryl methyl sites for hydroxylation is 1. The van der Waals surface area contributed by atoms with Crippen LogP contribution in [-0.2, 0) is 6.54 Å². The van der Waals surface area contributed by atoms with Gasteiger partial charge in [0.2, 0.25) is 5.96 Å². The van der Waals surface area contributed by atoms with Gasteiger partial charge in [-0.15, -0.1) is 11.3 Å². The third kappa shape index (κ3) is 2.48. The summed E-state index contributed by atoms with van der Waals surface area (Å²) in [6.07, 6.45) is 0. The van der Waals surface area contributed by atoms with E-state index in [4.69, 9.17) is 11.6 Å². The van der Waals surface area contributed by atoms with Gasteiger partial charge in [0.15, 0.2) is 0 Å². The molecule has 0 aromatic carbocycles. The maximum absolute atomic E-state index is 5.32. The van der Waals surface area contributed by atoms with Crippen LogP contribution in [0.5, 0.6) is 0 Å². The van der Waals surface area contributed by atoms with E-state index in [1.54, 1.807) is 11.3 Å². The molecule has 1 aromatic rings. The van der Waals surface area contributed by atoms with Crippen molar-refractivity contribution >= 4 is 17.3 Å². The second kappa shape index (κ2) is 4.03. The molecule has 0 aliphatic carbocycles. The van der Waals surface area contributed by atoms with E-state index in [1.165, 1.54) is 0 Å². The fourth-order valence-corrected chi connectivity index (χ4v) is 1.30. The molecule has 0 amide bonds. The Hall–Kier alpha value is -1.14. The quantitative estimate of drug-likeness (QED) is 0.256. The molecule has 0 saturated carbocycles. The number of aliphatic imine (C=N–C) groups is 1. The fourth-order valence-electron chi connectivity index (χ4n) is 0.693. The molecule has 0 aliphatic heterocycles. The molecule has 5 N–H and O–H groups in total. The zero-order chi connectivity index (χ0) is 8.97. The number of rotatable bonds is 2. The largest absolute Gasteiger partial charge is 0.369 e. The van der Waals surface area contributed by atoms with Crippen LogP contribution in [0.1, 0.15) is 10.7 Å². The SMILES string of the molecule is Cc1nc(CN=C(N)NN)cs1.